The van der Waals surface area contributed by atoms with Crippen LogP contribution in [0.15, 0.2) is 5.11 Å². The normalized spacial score (nSPS) is 21.7. The summed E-state index contributed by atoms with van der Waals surface area (Å²) in [5.74, 6) is 0.310. The molecule has 0 N–H and O–H groups in total. The number of nitrogens with zero attached hydrogens (tertiary/aromatic N) is 5. The summed E-state index contributed by atoms with van der Waals surface area (Å²) in [5.41, 5.74) is 9.58. The highest BCUT2D eigenvalue weighted by molar-refractivity contribution is 7.11. The third-order valence-electron chi connectivity index (χ3n) is 3.91. The van der Waals surface area contributed by atoms with Crippen molar-refractivity contribution in [3.63, 3.8) is 0 Å². The van der Waals surface area contributed by atoms with E-state index < -0.39 is 0 Å². The highest BCUT2D eigenvalue weighted by Gasteiger charge is 2.30. The Kier molecular flexibility index (Phi) is 3.89. The Labute approximate surface area is 121 Å². The molecule has 0 radical (unpaired) electrons. The first kappa shape index (κ1) is 13.4. The fourth-order valence-electron chi connectivity index (χ4n) is 2.92. The molecule has 1 aliphatic heterocycles. The van der Waals surface area contributed by atoms with Crippen LogP contribution in [0.4, 0.5) is 0 Å². The predicted molar refractivity (Wildman–Crippen MR) is 76.3 cm³/mol. The minimum Gasteiger partial charge on any atom is -0.336 e. The van der Waals surface area contributed by atoms with Crippen molar-refractivity contribution in [1.82, 2.24) is 9.88 Å². The molecule has 1 amide bonds. The number of azide groups is 1. The Morgan fingerprint density at radius 2 is 2.30 bits per heavy atom. The maximum atomic E-state index is 12.0. The highest BCUT2D eigenvalue weighted by Crippen LogP contribution is 2.28. The van der Waals surface area contributed by atoms with Crippen molar-refractivity contribution in [2.75, 3.05) is 13.1 Å². The van der Waals surface area contributed by atoms with Crippen LogP contribution in [0.2, 0.25) is 0 Å². The molecule has 1 aromatic rings. The van der Waals surface area contributed by atoms with Crippen molar-refractivity contribution in [2.24, 2.45) is 11.0 Å². The Bertz CT molecular complexity index is 540. The quantitative estimate of drug-likeness (QED) is 0.485. The van der Waals surface area contributed by atoms with Gasteiger partial charge in [-0.25, -0.2) is 4.98 Å². The molecule has 2 heterocycles. The lowest BCUT2D eigenvalue weighted by molar-refractivity contribution is -0.128. The number of fused-ring (bicyclic) bond motifs is 1. The lowest BCUT2D eigenvalue weighted by atomic mass is 10.0. The van der Waals surface area contributed by atoms with Crippen LogP contribution in [0.1, 0.15) is 34.8 Å². The zero-order valence-electron chi connectivity index (χ0n) is 11.3. The molecule has 1 atom stereocenters. The summed E-state index contributed by atoms with van der Waals surface area (Å²) in [7, 11) is 0. The summed E-state index contributed by atoms with van der Waals surface area (Å²) in [4.78, 5) is 22.7. The van der Waals surface area contributed by atoms with Gasteiger partial charge < -0.3 is 4.90 Å². The van der Waals surface area contributed by atoms with Crippen LogP contribution >= 0.6 is 11.3 Å². The first-order chi connectivity index (χ1) is 9.76. The number of likely N-dealkylation sites (tertiary alicyclic amines) is 1. The molecule has 0 bridgehead atoms. The molecular weight excluding hydrogens is 274 g/mol. The van der Waals surface area contributed by atoms with Gasteiger partial charge in [0.25, 0.3) is 0 Å². The van der Waals surface area contributed by atoms with Crippen molar-refractivity contribution < 1.29 is 4.79 Å². The molecule has 106 valence electrons. The van der Waals surface area contributed by atoms with Crippen molar-refractivity contribution in [3.05, 3.63) is 26.0 Å². The SMILES string of the molecule is [N-]=[N+]=NCC1CC(=O)N(Cc2nc3c(s2)CCCC3)C1. The number of rotatable bonds is 4. The van der Waals surface area contributed by atoms with Crippen LogP contribution in [-0.4, -0.2) is 28.9 Å². The minimum atomic E-state index is 0.149. The second kappa shape index (κ2) is 5.81. The lowest BCUT2D eigenvalue weighted by Gasteiger charge is -2.14. The van der Waals surface area contributed by atoms with Crippen LogP contribution in [0.25, 0.3) is 10.4 Å². The molecule has 0 saturated carbocycles. The van der Waals surface area contributed by atoms with E-state index >= 15 is 0 Å². The molecule has 1 aliphatic carbocycles. The average Bonchev–Trinajstić information content (AvgIpc) is 3.00. The summed E-state index contributed by atoms with van der Waals surface area (Å²) in [5, 5.41) is 4.62. The van der Waals surface area contributed by atoms with E-state index in [1.54, 1.807) is 11.3 Å². The van der Waals surface area contributed by atoms with Crippen LogP contribution < -0.4 is 0 Å². The van der Waals surface area contributed by atoms with Crippen molar-refractivity contribution in [1.29, 1.82) is 0 Å². The van der Waals surface area contributed by atoms with Gasteiger partial charge >= 0.3 is 0 Å². The first-order valence-electron chi connectivity index (χ1n) is 7.02. The largest absolute Gasteiger partial charge is 0.336 e. The van der Waals surface area contributed by atoms with Gasteiger partial charge in [-0.2, -0.15) is 0 Å². The molecule has 7 heteroatoms. The standard InChI is InChI=1S/C13H17N5OS/c14-17-15-6-9-5-13(19)18(7-9)8-12-16-10-3-1-2-4-11(10)20-12/h9H,1-8H2. The first-order valence-corrected chi connectivity index (χ1v) is 7.84. The number of thiazole rings is 1. The van der Waals surface area contributed by atoms with Gasteiger partial charge in [-0.05, 0) is 37.1 Å². The summed E-state index contributed by atoms with van der Waals surface area (Å²) in [6, 6.07) is 0. The van der Waals surface area contributed by atoms with Crippen molar-refractivity contribution in [2.45, 2.75) is 38.6 Å². The Balaban J connectivity index is 1.64. The van der Waals surface area contributed by atoms with Gasteiger partial charge in [-0.1, -0.05) is 5.11 Å². The molecule has 3 rings (SSSR count). The number of aromatic nitrogens is 1. The van der Waals surface area contributed by atoms with E-state index in [9.17, 15) is 4.79 Å². The van der Waals surface area contributed by atoms with Gasteiger partial charge in [0.15, 0.2) is 0 Å². The maximum absolute atomic E-state index is 12.0. The fourth-order valence-corrected chi connectivity index (χ4v) is 4.09. The molecule has 0 aromatic carbocycles. The Morgan fingerprint density at radius 3 is 3.10 bits per heavy atom. The van der Waals surface area contributed by atoms with Crippen LogP contribution in [-0.2, 0) is 24.2 Å². The number of carbonyl (C=O) groups is 1. The van der Waals surface area contributed by atoms with E-state index in [0.29, 0.717) is 26.1 Å². The third-order valence-corrected chi connectivity index (χ3v) is 5.06. The fraction of sp³-hybridized carbons (Fsp3) is 0.692. The molecular formula is C13H17N5OS. The van der Waals surface area contributed by atoms with E-state index in [4.69, 9.17) is 5.53 Å². The Morgan fingerprint density at radius 1 is 1.45 bits per heavy atom. The molecule has 6 nitrogen and oxygen atoms in total. The average molecular weight is 291 g/mol. The molecule has 1 unspecified atom stereocenters. The molecule has 1 aromatic heterocycles. The predicted octanol–water partition coefficient (Wildman–Crippen LogP) is 2.68. The number of aryl methyl sites for hydroxylation is 2. The van der Waals surface area contributed by atoms with Crippen LogP contribution in [0.5, 0.6) is 0 Å². The van der Waals surface area contributed by atoms with Crippen LogP contribution in [0.3, 0.4) is 0 Å². The zero-order chi connectivity index (χ0) is 13.9. The maximum Gasteiger partial charge on any atom is 0.223 e. The molecule has 1 saturated heterocycles. The summed E-state index contributed by atoms with van der Waals surface area (Å²) < 4.78 is 0. The number of carbonyl (C=O) groups excluding carboxylic acids is 1. The molecule has 1 fully saturated rings. The van der Waals surface area contributed by atoms with E-state index in [1.807, 2.05) is 4.90 Å². The topological polar surface area (TPSA) is 82.0 Å². The van der Waals surface area contributed by atoms with Crippen LogP contribution in [0, 0.1) is 5.92 Å². The third kappa shape index (κ3) is 2.78. The lowest BCUT2D eigenvalue weighted by Crippen LogP contribution is -2.24. The van der Waals surface area contributed by atoms with Gasteiger partial charge in [0, 0.05) is 29.3 Å². The van der Waals surface area contributed by atoms with Gasteiger partial charge in [0.05, 0.1) is 12.2 Å². The molecule has 0 spiro atoms. The minimum absolute atomic E-state index is 0.149. The molecule has 2 aliphatic rings. The number of hydrogen-bond donors (Lipinski definition) is 0. The summed E-state index contributed by atoms with van der Waals surface area (Å²) in [6.45, 7) is 1.71. The van der Waals surface area contributed by atoms with E-state index in [2.05, 4.69) is 15.0 Å². The Hall–Kier alpha value is -1.59. The van der Waals surface area contributed by atoms with Gasteiger partial charge in [-0.15, -0.1) is 11.3 Å². The summed E-state index contributed by atoms with van der Waals surface area (Å²) >= 11 is 1.76. The highest BCUT2D eigenvalue weighted by atomic mass is 32.1. The second-order valence-corrected chi connectivity index (χ2v) is 6.61. The van der Waals surface area contributed by atoms with E-state index in [-0.39, 0.29) is 11.8 Å². The van der Waals surface area contributed by atoms with Gasteiger partial charge in [0.1, 0.15) is 5.01 Å². The van der Waals surface area contributed by atoms with Gasteiger partial charge in [0.2, 0.25) is 5.91 Å². The number of hydrogen-bond acceptors (Lipinski definition) is 4. The number of amides is 1. The van der Waals surface area contributed by atoms with Gasteiger partial charge in [-0.3, -0.25) is 4.79 Å². The van der Waals surface area contributed by atoms with Crippen molar-refractivity contribution >= 4 is 17.2 Å². The smallest absolute Gasteiger partial charge is 0.223 e. The van der Waals surface area contributed by atoms with E-state index in [1.165, 1.54) is 23.4 Å². The molecule has 20 heavy (non-hydrogen) atoms. The monoisotopic (exact) mass is 291 g/mol. The zero-order valence-corrected chi connectivity index (χ0v) is 12.1. The van der Waals surface area contributed by atoms with E-state index in [0.717, 1.165) is 17.8 Å². The summed E-state index contributed by atoms with van der Waals surface area (Å²) in [6.07, 6.45) is 5.20. The second-order valence-electron chi connectivity index (χ2n) is 5.44. The van der Waals surface area contributed by atoms with Crippen molar-refractivity contribution in [3.8, 4) is 0 Å².